The SMILES string of the molecule is CCO[C@H](C[C@H](C(C)C)N(C)C(=O)[C@@H](NC(=O)[C@H]1CCCCN1C)[C@H](C)OC(C)(C)C)c1nc(C(=O)N[C@@H](Cc2ccccc2)C[C@H](C)C(=O)O)cs1. The number of carboxylic acid groups (broad SMARTS) is 1. The third kappa shape index (κ3) is 13.4. The van der Waals surface area contributed by atoms with Gasteiger partial charge in [0.15, 0.2) is 0 Å². The lowest BCUT2D eigenvalue weighted by molar-refractivity contribution is -0.148. The minimum absolute atomic E-state index is 0.0178. The molecule has 12 nitrogen and oxygen atoms in total. The van der Waals surface area contributed by atoms with Gasteiger partial charge in [-0.15, -0.1) is 11.3 Å². The Balaban J connectivity index is 1.82. The lowest BCUT2D eigenvalue weighted by Gasteiger charge is -2.39. The van der Waals surface area contributed by atoms with Gasteiger partial charge in [0.2, 0.25) is 11.8 Å². The molecule has 7 atom stereocenters. The molecule has 0 unspecified atom stereocenters. The van der Waals surface area contributed by atoms with Crippen LogP contribution in [0.2, 0.25) is 0 Å². The van der Waals surface area contributed by atoms with Crippen molar-refractivity contribution in [3.05, 3.63) is 52.0 Å². The van der Waals surface area contributed by atoms with Crippen LogP contribution in [0.1, 0.15) is 115 Å². The fourth-order valence-corrected chi connectivity index (χ4v) is 7.86. The number of aliphatic carboxylic acids is 1. The van der Waals surface area contributed by atoms with Gasteiger partial charge in [-0.05, 0) is 85.4 Å². The average molecular weight is 758 g/mol. The average Bonchev–Trinajstić information content (AvgIpc) is 3.58. The van der Waals surface area contributed by atoms with Crippen LogP contribution in [0.4, 0.5) is 0 Å². The van der Waals surface area contributed by atoms with E-state index in [4.69, 9.17) is 14.5 Å². The Bertz CT molecular complexity index is 1480. The number of nitrogens with one attached hydrogen (secondary N) is 2. The molecule has 3 amide bonds. The van der Waals surface area contributed by atoms with Crippen molar-refractivity contribution in [2.24, 2.45) is 11.8 Å². The summed E-state index contributed by atoms with van der Waals surface area (Å²) in [6.45, 7) is 16.5. The first-order valence-electron chi connectivity index (χ1n) is 19.0. The van der Waals surface area contributed by atoms with E-state index in [-0.39, 0.29) is 47.8 Å². The second kappa shape index (κ2) is 20.3. The van der Waals surface area contributed by atoms with Gasteiger partial charge in [0.1, 0.15) is 22.8 Å². The molecular formula is C40H63N5O7S. The number of carbonyl (C=O) groups excluding carboxylic acids is 3. The summed E-state index contributed by atoms with van der Waals surface area (Å²) in [6, 6.07) is 7.72. The van der Waals surface area contributed by atoms with E-state index in [1.807, 2.05) is 90.7 Å². The molecule has 0 spiro atoms. The molecule has 0 radical (unpaired) electrons. The van der Waals surface area contributed by atoms with Crippen molar-refractivity contribution in [2.45, 2.75) is 136 Å². The highest BCUT2D eigenvalue weighted by molar-refractivity contribution is 7.09. The van der Waals surface area contributed by atoms with Crippen molar-refractivity contribution in [2.75, 3.05) is 27.2 Å². The number of likely N-dealkylation sites (N-methyl/N-ethyl adjacent to an activating group) is 2. The highest BCUT2D eigenvalue weighted by atomic mass is 32.1. The minimum Gasteiger partial charge on any atom is -0.481 e. The largest absolute Gasteiger partial charge is 0.481 e. The zero-order chi connectivity index (χ0) is 39.5. The van der Waals surface area contributed by atoms with Gasteiger partial charge < -0.3 is 30.1 Å². The molecule has 1 aromatic heterocycles. The zero-order valence-corrected chi connectivity index (χ0v) is 34.2. The third-order valence-electron chi connectivity index (χ3n) is 9.83. The number of thiazole rings is 1. The summed E-state index contributed by atoms with van der Waals surface area (Å²) in [6.07, 6.45) is 2.80. The number of nitrogens with zero attached hydrogens (tertiary/aromatic N) is 3. The Hall–Kier alpha value is -3.39. The monoisotopic (exact) mass is 757 g/mol. The molecule has 296 valence electrons. The fourth-order valence-electron chi connectivity index (χ4n) is 7.00. The van der Waals surface area contributed by atoms with Crippen molar-refractivity contribution in [1.82, 2.24) is 25.4 Å². The Labute approximate surface area is 320 Å². The summed E-state index contributed by atoms with van der Waals surface area (Å²) >= 11 is 1.32. The maximum Gasteiger partial charge on any atom is 0.306 e. The first kappa shape index (κ1) is 44.0. The van der Waals surface area contributed by atoms with Gasteiger partial charge in [0.05, 0.1) is 23.7 Å². The van der Waals surface area contributed by atoms with Crippen molar-refractivity contribution in [3.8, 4) is 0 Å². The van der Waals surface area contributed by atoms with Crippen molar-refractivity contribution in [3.63, 3.8) is 0 Å². The number of piperidine rings is 1. The highest BCUT2D eigenvalue weighted by Gasteiger charge is 2.39. The number of ether oxygens (including phenoxy) is 2. The van der Waals surface area contributed by atoms with Crippen LogP contribution in [0.25, 0.3) is 0 Å². The Kier molecular flexibility index (Phi) is 16.9. The molecule has 53 heavy (non-hydrogen) atoms. The van der Waals surface area contributed by atoms with Crippen LogP contribution in [0.3, 0.4) is 0 Å². The van der Waals surface area contributed by atoms with E-state index >= 15 is 0 Å². The van der Waals surface area contributed by atoms with Gasteiger partial charge in [0, 0.05) is 37.5 Å². The summed E-state index contributed by atoms with van der Waals surface area (Å²) < 4.78 is 12.5. The Morgan fingerprint density at radius 3 is 2.32 bits per heavy atom. The van der Waals surface area contributed by atoms with E-state index in [1.54, 1.807) is 24.3 Å². The van der Waals surface area contributed by atoms with Crippen LogP contribution in [-0.4, -0.2) is 107 Å². The number of benzene rings is 1. The molecule has 13 heteroatoms. The van der Waals surface area contributed by atoms with Crippen molar-refractivity contribution in [1.29, 1.82) is 0 Å². The quantitative estimate of drug-likeness (QED) is 0.164. The number of carboxylic acids is 1. The molecule has 1 aliphatic heterocycles. The number of rotatable bonds is 19. The summed E-state index contributed by atoms with van der Waals surface area (Å²) in [5.41, 5.74) is 0.683. The van der Waals surface area contributed by atoms with Crippen LogP contribution >= 0.6 is 11.3 Å². The molecule has 1 aromatic carbocycles. The van der Waals surface area contributed by atoms with Gasteiger partial charge in [-0.2, -0.15) is 0 Å². The second-order valence-electron chi connectivity index (χ2n) is 15.8. The van der Waals surface area contributed by atoms with Crippen LogP contribution in [0, 0.1) is 11.8 Å². The van der Waals surface area contributed by atoms with E-state index < -0.39 is 41.8 Å². The van der Waals surface area contributed by atoms with Gasteiger partial charge in [-0.25, -0.2) is 4.98 Å². The zero-order valence-electron chi connectivity index (χ0n) is 33.4. The number of hydrogen-bond donors (Lipinski definition) is 3. The van der Waals surface area contributed by atoms with Crippen molar-refractivity contribution < 1.29 is 33.8 Å². The van der Waals surface area contributed by atoms with E-state index in [0.29, 0.717) is 24.5 Å². The van der Waals surface area contributed by atoms with E-state index in [1.165, 1.54) is 11.3 Å². The molecule has 1 aliphatic rings. The molecule has 0 aliphatic carbocycles. The molecule has 3 N–H and O–H groups in total. The van der Waals surface area contributed by atoms with Gasteiger partial charge in [-0.1, -0.05) is 57.5 Å². The maximum atomic E-state index is 14.4. The molecule has 2 aromatic rings. The highest BCUT2D eigenvalue weighted by Crippen LogP contribution is 2.31. The molecule has 1 saturated heterocycles. The number of likely N-dealkylation sites (tertiary alicyclic amines) is 1. The van der Waals surface area contributed by atoms with Gasteiger partial charge in [0.25, 0.3) is 5.91 Å². The molecule has 2 heterocycles. The predicted molar refractivity (Wildman–Crippen MR) is 208 cm³/mol. The van der Waals surface area contributed by atoms with Crippen LogP contribution in [-0.2, 0) is 30.3 Å². The topological polar surface area (TPSA) is 150 Å². The molecule has 0 saturated carbocycles. The van der Waals surface area contributed by atoms with Gasteiger partial charge in [-0.3, -0.25) is 24.1 Å². The standard InChI is InChI=1S/C40H63N5O7S/c1-11-51-33(37-42-30(24-53-37)35(46)41-29(21-26(4)39(49)50)22-28-17-13-12-14-18-28)23-32(25(2)3)45(10)38(48)34(27(5)52-40(6,7)8)43-36(47)31-19-15-16-20-44(31)9/h12-14,17-18,24-27,29,31-34H,11,15-16,19-23H2,1-10H3,(H,41,46)(H,43,47)(H,49,50)/t26-,27-,29+,31+,32+,33+,34-/m0/s1. The Morgan fingerprint density at radius 1 is 1.06 bits per heavy atom. The summed E-state index contributed by atoms with van der Waals surface area (Å²) in [5, 5.41) is 18.0. The number of aromatic nitrogens is 1. The fraction of sp³-hybridized carbons (Fsp3) is 0.675. The molecule has 3 rings (SSSR count). The Morgan fingerprint density at radius 2 is 1.74 bits per heavy atom. The van der Waals surface area contributed by atoms with E-state index in [9.17, 15) is 24.3 Å². The van der Waals surface area contributed by atoms with Crippen LogP contribution in [0.15, 0.2) is 35.7 Å². The van der Waals surface area contributed by atoms with E-state index in [0.717, 1.165) is 31.4 Å². The summed E-state index contributed by atoms with van der Waals surface area (Å²) in [7, 11) is 3.71. The van der Waals surface area contributed by atoms with Gasteiger partial charge >= 0.3 is 5.97 Å². The maximum absolute atomic E-state index is 14.4. The normalized spacial score (nSPS) is 18.7. The smallest absolute Gasteiger partial charge is 0.306 e. The third-order valence-corrected chi connectivity index (χ3v) is 10.8. The predicted octanol–water partition coefficient (Wildman–Crippen LogP) is 5.72. The van der Waals surface area contributed by atoms with Crippen LogP contribution < -0.4 is 10.6 Å². The number of hydrogen-bond acceptors (Lipinski definition) is 9. The summed E-state index contributed by atoms with van der Waals surface area (Å²) in [5.74, 6) is -2.35. The van der Waals surface area contributed by atoms with E-state index in [2.05, 4.69) is 10.6 Å². The summed E-state index contributed by atoms with van der Waals surface area (Å²) in [4.78, 5) is 61.7. The second-order valence-corrected chi connectivity index (χ2v) is 16.6. The lowest BCUT2D eigenvalue weighted by Crippen LogP contribution is -2.60. The molecule has 1 fully saturated rings. The van der Waals surface area contributed by atoms with Crippen LogP contribution in [0.5, 0.6) is 0 Å². The first-order valence-corrected chi connectivity index (χ1v) is 19.9. The molecule has 0 bridgehead atoms. The number of amides is 3. The first-order chi connectivity index (χ1) is 24.9. The molecular weight excluding hydrogens is 695 g/mol. The van der Waals surface area contributed by atoms with Crippen molar-refractivity contribution >= 4 is 35.0 Å². The minimum atomic E-state index is -0.919. The lowest BCUT2D eigenvalue weighted by atomic mass is 9.95. The number of carbonyl (C=O) groups is 4.